The Morgan fingerprint density at radius 2 is 1.96 bits per heavy atom. The fourth-order valence-corrected chi connectivity index (χ4v) is 2.18. The normalized spacial score (nSPS) is 10.9. The van der Waals surface area contributed by atoms with Gasteiger partial charge in [-0.1, -0.05) is 6.07 Å². The molecule has 0 spiro atoms. The third-order valence-corrected chi connectivity index (χ3v) is 3.48. The number of nitrogens with one attached hydrogen (secondary N) is 2. The number of guanidine groups is 1. The number of rotatable bonds is 10. The van der Waals surface area contributed by atoms with Gasteiger partial charge in [-0.25, -0.2) is 9.98 Å². The summed E-state index contributed by atoms with van der Waals surface area (Å²) in [5.74, 6) is 1.85. The fourth-order valence-electron chi connectivity index (χ4n) is 2.18. The lowest BCUT2D eigenvalue weighted by atomic mass is 10.3. The molecule has 1 heterocycles. The second-order valence-electron chi connectivity index (χ2n) is 5.17. The molecule has 6 nitrogen and oxygen atoms in total. The molecule has 0 radical (unpaired) electrons. The summed E-state index contributed by atoms with van der Waals surface area (Å²) in [5.41, 5.74) is 1.11. The van der Waals surface area contributed by atoms with Crippen LogP contribution in [0.25, 0.3) is 0 Å². The minimum atomic E-state index is 0. The van der Waals surface area contributed by atoms with Gasteiger partial charge in [-0.15, -0.1) is 24.0 Å². The number of ether oxygens (including phenoxy) is 1. The van der Waals surface area contributed by atoms with Crippen LogP contribution in [0.2, 0.25) is 0 Å². The summed E-state index contributed by atoms with van der Waals surface area (Å²) < 4.78 is 5.05. The summed E-state index contributed by atoms with van der Waals surface area (Å²) in [6.07, 6.45) is 2.87. The molecule has 1 aromatic rings. The molecule has 0 amide bonds. The van der Waals surface area contributed by atoms with Crippen LogP contribution in [0.4, 0.5) is 5.82 Å². The van der Waals surface area contributed by atoms with E-state index in [2.05, 4.69) is 58.4 Å². The number of anilines is 1. The van der Waals surface area contributed by atoms with Crippen LogP contribution < -0.4 is 15.5 Å². The molecule has 1 rings (SSSR count). The maximum absolute atomic E-state index is 5.05. The highest BCUT2D eigenvalue weighted by atomic mass is 127. The molecule has 0 aliphatic heterocycles. The van der Waals surface area contributed by atoms with Crippen LogP contribution in [0.3, 0.4) is 0 Å². The van der Waals surface area contributed by atoms with Gasteiger partial charge in [0, 0.05) is 46.1 Å². The number of methoxy groups -OCH3 is 1. The first-order valence-electron chi connectivity index (χ1n) is 8.46. The van der Waals surface area contributed by atoms with Crippen molar-refractivity contribution in [2.45, 2.75) is 33.7 Å². The second-order valence-corrected chi connectivity index (χ2v) is 5.17. The van der Waals surface area contributed by atoms with Crippen molar-refractivity contribution in [3.63, 3.8) is 0 Å². The molecular formula is C17H32IN5O. The Morgan fingerprint density at radius 1 is 1.21 bits per heavy atom. The predicted molar refractivity (Wildman–Crippen MR) is 113 cm³/mol. The Hall–Kier alpha value is -1.09. The van der Waals surface area contributed by atoms with E-state index in [9.17, 15) is 0 Å². The Balaban J connectivity index is 0.00000529. The molecule has 2 N–H and O–H groups in total. The maximum atomic E-state index is 5.05. The highest BCUT2D eigenvalue weighted by molar-refractivity contribution is 14.0. The largest absolute Gasteiger partial charge is 0.385 e. The zero-order valence-corrected chi connectivity index (χ0v) is 17.7. The summed E-state index contributed by atoms with van der Waals surface area (Å²) >= 11 is 0. The van der Waals surface area contributed by atoms with E-state index >= 15 is 0 Å². The van der Waals surface area contributed by atoms with Crippen molar-refractivity contribution in [2.75, 3.05) is 44.8 Å². The summed E-state index contributed by atoms with van der Waals surface area (Å²) in [5, 5.41) is 6.55. The quantitative estimate of drug-likeness (QED) is 0.249. The van der Waals surface area contributed by atoms with Gasteiger partial charge in [0.25, 0.3) is 0 Å². The fraction of sp³-hybridized carbons (Fsp3) is 0.647. The van der Waals surface area contributed by atoms with E-state index in [1.807, 2.05) is 6.20 Å². The van der Waals surface area contributed by atoms with Crippen LogP contribution in [0.1, 0.15) is 32.8 Å². The molecular weight excluding hydrogens is 417 g/mol. The minimum Gasteiger partial charge on any atom is -0.385 e. The van der Waals surface area contributed by atoms with E-state index in [-0.39, 0.29) is 24.0 Å². The summed E-state index contributed by atoms with van der Waals surface area (Å²) in [4.78, 5) is 11.4. The lowest BCUT2D eigenvalue weighted by molar-refractivity contribution is 0.195. The van der Waals surface area contributed by atoms with E-state index < -0.39 is 0 Å². The van der Waals surface area contributed by atoms with Crippen molar-refractivity contribution in [2.24, 2.45) is 4.99 Å². The lowest BCUT2D eigenvalue weighted by Gasteiger charge is -2.19. The van der Waals surface area contributed by atoms with Crippen LogP contribution >= 0.6 is 24.0 Å². The molecule has 0 unspecified atom stereocenters. The molecule has 0 bridgehead atoms. The van der Waals surface area contributed by atoms with Crippen LogP contribution in [-0.2, 0) is 11.3 Å². The van der Waals surface area contributed by atoms with Crippen molar-refractivity contribution in [1.29, 1.82) is 0 Å². The first-order chi connectivity index (χ1) is 11.2. The van der Waals surface area contributed by atoms with Crippen molar-refractivity contribution in [1.82, 2.24) is 15.6 Å². The average Bonchev–Trinajstić information content (AvgIpc) is 2.58. The molecule has 138 valence electrons. The number of aliphatic imine (C=N–C) groups is 1. The van der Waals surface area contributed by atoms with E-state index in [4.69, 9.17) is 4.74 Å². The van der Waals surface area contributed by atoms with Crippen LogP contribution in [0, 0.1) is 0 Å². The topological polar surface area (TPSA) is 61.8 Å². The van der Waals surface area contributed by atoms with Gasteiger partial charge in [0.05, 0.1) is 6.54 Å². The van der Waals surface area contributed by atoms with E-state index in [1.165, 1.54) is 0 Å². The van der Waals surface area contributed by atoms with Gasteiger partial charge in [-0.3, -0.25) is 0 Å². The smallest absolute Gasteiger partial charge is 0.191 e. The highest BCUT2D eigenvalue weighted by Gasteiger charge is 2.03. The number of pyridine rings is 1. The second kappa shape index (κ2) is 14.3. The summed E-state index contributed by atoms with van der Waals surface area (Å²) in [6, 6.07) is 4.16. The molecule has 0 atom stereocenters. The summed E-state index contributed by atoms with van der Waals surface area (Å²) in [7, 11) is 1.72. The Morgan fingerprint density at radius 3 is 2.50 bits per heavy atom. The van der Waals surface area contributed by atoms with Gasteiger partial charge >= 0.3 is 0 Å². The van der Waals surface area contributed by atoms with Crippen molar-refractivity contribution < 1.29 is 4.74 Å². The van der Waals surface area contributed by atoms with E-state index in [0.717, 1.165) is 56.5 Å². The van der Waals surface area contributed by atoms with Crippen LogP contribution in [-0.4, -0.2) is 50.8 Å². The van der Waals surface area contributed by atoms with Crippen molar-refractivity contribution in [3.8, 4) is 0 Å². The van der Waals surface area contributed by atoms with E-state index in [1.54, 1.807) is 7.11 Å². The minimum absolute atomic E-state index is 0. The van der Waals surface area contributed by atoms with Crippen LogP contribution in [0.15, 0.2) is 23.3 Å². The maximum Gasteiger partial charge on any atom is 0.191 e. The van der Waals surface area contributed by atoms with E-state index in [0.29, 0.717) is 6.54 Å². The van der Waals surface area contributed by atoms with Gasteiger partial charge in [0.2, 0.25) is 0 Å². The molecule has 0 fully saturated rings. The first kappa shape index (κ1) is 22.9. The Labute approximate surface area is 163 Å². The van der Waals surface area contributed by atoms with Gasteiger partial charge in [0.15, 0.2) is 5.96 Å². The molecule has 1 aromatic heterocycles. The van der Waals surface area contributed by atoms with Gasteiger partial charge in [-0.2, -0.15) is 0 Å². The first-order valence-corrected chi connectivity index (χ1v) is 8.46. The molecule has 0 saturated carbocycles. The molecule has 0 aliphatic carbocycles. The molecule has 0 aromatic carbocycles. The SMILES string of the molecule is CCNC(=NCc1ccc(N(CC)CC)nc1)NCCCOC.I. The number of aromatic nitrogens is 1. The standard InChI is InChI=1S/C17H31N5O.HI/c1-5-18-17(19-11-8-12-23-4)21-14-15-9-10-16(20-13-15)22(6-2)7-3;/h9-10,13H,5-8,11-12,14H2,1-4H3,(H2,18,19,21);1H. The third kappa shape index (κ3) is 8.68. The summed E-state index contributed by atoms with van der Waals surface area (Å²) in [6.45, 7) is 11.3. The van der Waals surface area contributed by atoms with Crippen LogP contribution in [0.5, 0.6) is 0 Å². The van der Waals surface area contributed by atoms with Gasteiger partial charge in [0.1, 0.15) is 5.82 Å². The Bertz CT molecular complexity index is 449. The molecule has 0 saturated heterocycles. The zero-order chi connectivity index (χ0) is 16.9. The number of nitrogens with zero attached hydrogens (tertiary/aromatic N) is 3. The number of hydrogen-bond donors (Lipinski definition) is 2. The predicted octanol–water partition coefficient (Wildman–Crippen LogP) is 2.64. The number of hydrogen-bond acceptors (Lipinski definition) is 4. The molecule has 7 heteroatoms. The lowest BCUT2D eigenvalue weighted by Crippen LogP contribution is -2.38. The van der Waals surface area contributed by atoms with Gasteiger partial charge < -0.3 is 20.3 Å². The number of halogens is 1. The molecule has 24 heavy (non-hydrogen) atoms. The van der Waals surface area contributed by atoms with Gasteiger partial charge in [-0.05, 0) is 38.8 Å². The monoisotopic (exact) mass is 449 g/mol. The average molecular weight is 449 g/mol. The highest BCUT2D eigenvalue weighted by Crippen LogP contribution is 2.11. The third-order valence-electron chi connectivity index (χ3n) is 3.48. The zero-order valence-electron chi connectivity index (χ0n) is 15.3. The molecule has 0 aliphatic rings. The Kier molecular flexibility index (Phi) is 13.6. The van der Waals surface area contributed by atoms with Crippen molar-refractivity contribution >= 4 is 35.8 Å². The van der Waals surface area contributed by atoms with Crippen molar-refractivity contribution in [3.05, 3.63) is 23.9 Å².